The van der Waals surface area contributed by atoms with E-state index in [2.05, 4.69) is 5.32 Å². The molecular weight excluding hydrogens is 523 g/mol. The first-order chi connectivity index (χ1) is 17.7. The van der Waals surface area contributed by atoms with Gasteiger partial charge in [0.15, 0.2) is 0 Å². The number of sulfonamides is 1. The van der Waals surface area contributed by atoms with Crippen LogP contribution in [0.4, 0.5) is 18.9 Å². The Bertz CT molecular complexity index is 1200. The average molecular weight is 558 g/mol. The van der Waals surface area contributed by atoms with Gasteiger partial charge >= 0.3 is 6.18 Å². The molecule has 0 saturated carbocycles. The van der Waals surface area contributed by atoms with Gasteiger partial charge in [0.25, 0.3) is 0 Å². The van der Waals surface area contributed by atoms with Crippen LogP contribution in [0, 0.1) is 0 Å². The van der Waals surface area contributed by atoms with Gasteiger partial charge in [-0.3, -0.25) is 13.9 Å². The van der Waals surface area contributed by atoms with E-state index in [1.165, 1.54) is 18.1 Å². The highest BCUT2D eigenvalue weighted by molar-refractivity contribution is 7.92. The number of halogens is 3. The number of amides is 2. The Labute approximate surface area is 221 Å². The molecule has 0 unspecified atom stereocenters. The smallest absolute Gasteiger partial charge is 0.416 e. The predicted octanol–water partition coefficient (Wildman–Crippen LogP) is 4.20. The van der Waals surface area contributed by atoms with Crippen LogP contribution in [0.3, 0.4) is 0 Å². The number of nitrogens with zero attached hydrogens (tertiary/aromatic N) is 2. The zero-order valence-electron chi connectivity index (χ0n) is 22.1. The molecule has 0 heterocycles. The molecule has 0 aromatic heterocycles. The highest BCUT2D eigenvalue weighted by atomic mass is 32.2. The summed E-state index contributed by atoms with van der Waals surface area (Å²) in [5.74, 6) is -0.565. The van der Waals surface area contributed by atoms with Gasteiger partial charge in [-0.1, -0.05) is 32.0 Å². The number of benzene rings is 2. The molecule has 12 heteroatoms. The van der Waals surface area contributed by atoms with Crippen molar-refractivity contribution < 1.29 is 35.9 Å². The molecule has 0 radical (unpaired) electrons. The van der Waals surface area contributed by atoms with E-state index in [9.17, 15) is 31.2 Å². The Morgan fingerprint density at radius 2 is 1.68 bits per heavy atom. The van der Waals surface area contributed by atoms with Crippen molar-refractivity contribution in [1.29, 1.82) is 0 Å². The Morgan fingerprint density at radius 1 is 1.05 bits per heavy atom. The highest BCUT2D eigenvalue weighted by Gasteiger charge is 2.34. The van der Waals surface area contributed by atoms with Gasteiger partial charge in [-0.15, -0.1) is 0 Å². The van der Waals surface area contributed by atoms with Gasteiger partial charge in [0.1, 0.15) is 18.3 Å². The average Bonchev–Trinajstić information content (AvgIpc) is 2.86. The molecule has 0 fully saturated rings. The molecule has 38 heavy (non-hydrogen) atoms. The zero-order valence-corrected chi connectivity index (χ0v) is 22.9. The lowest BCUT2D eigenvalue weighted by atomic mass is 10.1. The molecule has 0 saturated heterocycles. The molecule has 0 spiro atoms. The molecule has 8 nitrogen and oxygen atoms in total. The van der Waals surface area contributed by atoms with E-state index in [1.54, 1.807) is 31.2 Å². The van der Waals surface area contributed by atoms with Crippen molar-refractivity contribution in [3.05, 3.63) is 59.7 Å². The van der Waals surface area contributed by atoms with Gasteiger partial charge in [0.05, 0.1) is 24.6 Å². The van der Waals surface area contributed by atoms with Crippen molar-refractivity contribution in [2.75, 3.05) is 24.2 Å². The SMILES string of the molecule is CC[C@H](C)NC(=O)[C@H](CC)N(Cc1ccc(OC)cc1)C(=O)CN(c1cccc(C(F)(F)F)c1)S(C)(=O)=O. The maximum Gasteiger partial charge on any atom is 0.416 e. The molecule has 2 amide bonds. The van der Waals surface area contributed by atoms with Crippen LogP contribution < -0.4 is 14.4 Å². The number of hydrogen-bond acceptors (Lipinski definition) is 5. The van der Waals surface area contributed by atoms with Gasteiger partial charge in [-0.05, 0) is 55.7 Å². The van der Waals surface area contributed by atoms with E-state index in [-0.39, 0.29) is 24.7 Å². The molecule has 2 rings (SSSR count). The first kappa shape index (κ1) is 30.9. The minimum atomic E-state index is -4.70. The molecular formula is C26H34F3N3O5S. The summed E-state index contributed by atoms with van der Waals surface area (Å²) >= 11 is 0. The van der Waals surface area contributed by atoms with Crippen molar-refractivity contribution in [1.82, 2.24) is 10.2 Å². The van der Waals surface area contributed by atoms with Gasteiger partial charge in [0.2, 0.25) is 21.8 Å². The fraction of sp³-hybridized carbons (Fsp3) is 0.462. The molecule has 1 N–H and O–H groups in total. The van der Waals surface area contributed by atoms with Crippen molar-refractivity contribution in [3.8, 4) is 5.75 Å². The van der Waals surface area contributed by atoms with E-state index in [4.69, 9.17) is 4.74 Å². The normalized spacial score (nSPS) is 13.4. The number of ether oxygens (including phenoxy) is 1. The van der Waals surface area contributed by atoms with Crippen LogP contribution in [0.1, 0.15) is 44.7 Å². The maximum atomic E-state index is 13.6. The Balaban J connectivity index is 2.49. The molecule has 210 valence electrons. The third kappa shape index (κ3) is 8.37. The summed E-state index contributed by atoms with van der Waals surface area (Å²) in [6.45, 7) is 4.61. The van der Waals surface area contributed by atoms with Gasteiger partial charge in [0, 0.05) is 12.6 Å². The number of rotatable bonds is 12. The fourth-order valence-electron chi connectivity index (χ4n) is 3.74. The monoisotopic (exact) mass is 557 g/mol. The number of hydrogen-bond donors (Lipinski definition) is 1. The van der Waals surface area contributed by atoms with Crippen LogP contribution in [0.5, 0.6) is 5.75 Å². The molecule has 2 aromatic rings. The van der Waals surface area contributed by atoms with E-state index in [1.807, 2.05) is 13.8 Å². The second-order valence-corrected chi connectivity index (χ2v) is 10.8. The number of anilines is 1. The number of carbonyl (C=O) groups is 2. The zero-order chi connectivity index (χ0) is 28.7. The summed E-state index contributed by atoms with van der Waals surface area (Å²) < 4.78 is 70.9. The fourth-order valence-corrected chi connectivity index (χ4v) is 4.58. The van der Waals surface area contributed by atoms with Crippen LogP contribution >= 0.6 is 0 Å². The summed E-state index contributed by atoms with van der Waals surface area (Å²) in [5.41, 5.74) is -0.707. The molecule has 0 aliphatic carbocycles. The lowest BCUT2D eigenvalue weighted by Crippen LogP contribution is -2.53. The van der Waals surface area contributed by atoms with Crippen LogP contribution in [0.2, 0.25) is 0 Å². The molecule has 2 atom stereocenters. The lowest BCUT2D eigenvalue weighted by Gasteiger charge is -2.33. The number of methoxy groups -OCH3 is 1. The highest BCUT2D eigenvalue weighted by Crippen LogP contribution is 2.32. The van der Waals surface area contributed by atoms with Crippen LogP contribution in [-0.4, -0.2) is 57.1 Å². The first-order valence-corrected chi connectivity index (χ1v) is 13.9. The van der Waals surface area contributed by atoms with Gasteiger partial charge in [-0.2, -0.15) is 13.2 Å². The summed E-state index contributed by atoms with van der Waals surface area (Å²) in [6.07, 6.45) is -3.01. The van der Waals surface area contributed by atoms with Crippen molar-refractivity contribution in [3.63, 3.8) is 0 Å². The number of carbonyl (C=O) groups excluding carboxylic acids is 2. The summed E-state index contributed by atoms with van der Waals surface area (Å²) in [4.78, 5) is 28.0. The minimum absolute atomic E-state index is 0.0323. The largest absolute Gasteiger partial charge is 0.497 e. The van der Waals surface area contributed by atoms with Crippen molar-refractivity contribution >= 4 is 27.5 Å². The Kier molecular flexibility index (Phi) is 10.6. The maximum absolute atomic E-state index is 13.6. The quantitative estimate of drug-likeness (QED) is 0.422. The third-order valence-corrected chi connectivity index (χ3v) is 7.18. The third-order valence-electron chi connectivity index (χ3n) is 6.04. The predicted molar refractivity (Wildman–Crippen MR) is 139 cm³/mol. The van der Waals surface area contributed by atoms with Crippen LogP contribution in [0.15, 0.2) is 48.5 Å². The van der Waals surface area contributed by atoms with E-state index >= 15 is 0 Å². The summed E-state index contributed by atoms with van der Waals surface area (Å²) in [5, 5.41) is 2.85. The first-order valence-electron chi connectivity index (χ1n) is 12.1. The van der Waals surface area contributed by atoms with Crippen LogP contribution in [-0.2, 0) is 32.3 Å². The Morgan fingerprint density at radius 3 is 2.18 bits per heavy atom. The second-order valence-electron chi connectivity index (χ2n) is 8.93. The van der Waals surface area contributed by atoms with Gasteiger partial charge in [-0.25, -0.2) is 8.42 Å². The van der Waals surface area contributed by atoms with E-state index in [0.717, 1.165) is 18.4 Å². The summed E-state index contributed by atoms with van der Waals surface area (Å²) in [6, 6.07) is 9.43. The van der Waals surface area contributed by atoms with Gasteiger partial charge < -0.3 is 15.0 Å². The van der Waals surface area contributed by atoms with Crippen molar-refractivity contribution in [2.45, 2.75) is 58.4 Å². The lowest BCUT2D eigenvalue weighted by molar-refractivity contribution is -0.140. The van der Waals surface area contributed by atoms with E-state index < -0.39 is 46.2 Å². The van der Waals surface area contributed by atoms with Crippen molar-refractivity contribution in [2.24, 2.45) is 0 Å². The number of alkyl halides is 3. The second kappa shape index (κ2) is 13.0. The minimum Gasteiger partial charge on any atom is -0.497 e. The topological polar surface area (TPSA) is 96.0 Å². The van der Waals surface area contributed by atoms with E-state index in [0.29, 0.717) is 28.1 Å². The molecule has 0 aliphatic heterocycles. The molecule has 0 aliphatic rings. The standard InChI is InChI=1S/C26H34F3N3O5S/c1-6-18(3)30-25(34)23(7-2)31(16-19-11-13-22(37-4)14-12-19)24(33)17-32(38(5,35)36)21-10-8-9-20(15-21)26(27,28)29/h8-15,18,23H,6-7,16-17H2,1-5H3,(H,30,34)/t18-,23-/m0/s1. The molecule has 2 aromatic carbocycles. The molecule has 0 bridgehead atoms. The Hall–Kier alpha value is -3.28. The van der Waals surface area contributed by atoms with Crippen LogP contribution in [0.25, 0.3) is 0 Å². The number of nitrogens with one attached hydrogen (secondary N) is 1. The summed E-state index contributed by atoms with van der Waals surface area (Å²) in [7, 11) is -2.66.